The van der Waals surface area contributed by atoms with E-state index in [1.807, 2.05) is 32.9 Å². The molecule has 0 fully saturated rings. The van der Waals surface area contributed by atoms with Gasteiger partial charge in [-0.3, -0.25) is 9.69 Å². The van der Waals surface area contributed by atoms with Crippen molar-refractivity contribution in [2.45, 2.75) is 40.3 Å². The van der Waals surface area contributed by atoms with Crippen molar-refractivity contribution in [3.05, 3.63) is 23.9 Å². The third kappa shape index (κ3) is 5.57. The molecule has 0 spiro atoms. The number of nitrogens with one attached hydrogen (secondary N) is 2. The number of anilines is 1. The number of likely N-dealkylation sites (N-methyl/N-ethyl adjacent to an activating group) is 1. The zero-order valence-electron chi connectivity index (χ0n) is 12.9. The van der Waals surface area contributed by atoms with Crippen LogP contribution in [-0.4, -0.2) is 41.5 Å². The van der Waals surface area contributed by atoms with E-state index in [0.29, 0.717) is 6.54 Å². The highest BCUT2D eigenvalue weighted by Gasteiger charge is 2.12. The molecule has 0 aliphatic heterocycles. The summed E-state index contributed by atoms with van der Waals surface area (Å²) in [5.41, 5.74) is 1.12. The molecule has 1 aromatic rings. The van der Waals surface area contributed by atoms with Crippen molar-refractivity contribution in [2.75, 3.05) is 25.0 Å². The van der Waals surface area contributed by atoms with Crippen LogP contribution in [0.1, 0.15) is 33.3 Å². The molecule has 5 heteroatoms. The van der Waals surface area contributed by atoms with Crippen LogP contribution in [0.25, 0.3) is 0 Å². The van der Waals surface area contributed by atoms with Gasteiger partial charge in [0.2, 0.25) is 5.91 Å². The van der Waals surface area contributed by atoms with Crippen molar-refractivity contribution in [1.82, 2.24) is 15.2 Å². The third-order valence-corrected chi connectivity index (χ3v) is 2.89. The van der Waals surface area contributed by atoms with Crippen LogP contribution >= 0.6 is 0 Å². The van der Waals surface area contributed by atoms with Crippen molar-refractivity contribution < 1.29 is 4.79 Å². The Balaban J connectivity index is 2.66. The number of carbonyl (C=O) groups excluding carboxylic acids is 1. The SMILES string of the molecule is CCNc1ncccc1CN(CC)CC(=O)NC(C)C. The van der Waals surface area contributed by atoms with Crippen LogP contribution in [0.4, 0.5) is 5.82 Å². The fraction of sp³-hybridized carbons (Fsp3) is 0.600. The van der Waals surface area contributed by atoms with Crippen LogP contribution in [-0.2, 0) is 11.3 Å². The summed E-state index contributed by atoms with van der Waals surface area (Å²) in [4.78, 5) is 18.3. The van der Waals surface area contributed by atoms with Crippen molar-refractivity contribution in [3.63, 3.8) is 0 Å². The smallest absolute Gasteiger partial charge is 0.234 e. The van der Waals surface area contributed by atoms with E-state index in [4.69, 9.17) is 0 Å². The maximum atomic E-state index is 11.8. The summed E-state index contributed by atoms with van der Waals surface area (Å²) in [6, 6.07) is 4.16. The lowest BCUT2D eigenvalue weighted by Crippen LogP contribution is -2.39. The highest BCUT2D eigenvalue weighted by Crippen LogP contribution is 2.13. The normalized spacial score (nSPS) is 10.9. The number of carbonyl (C=O) groups is 1. The van der Waals surface area contributed by atoms with E-state index in [0.717, 1.165) is 31.0 Å². The first-order valence-electron chi connectivity index (χ1n) is 7.26. The molecule has 20 heavy (non-hydrogen) atoms. The average molecular weight is 278 g/mol. The fourth-order valence-electron chi connectivity index (χ4n) is 1.98. The second-order valence-corrected chi connectivity index (χ2v) is 5.07. The minimum atomic E-state index is 0.0655. The van der Waals surface area contributed by atoms with Crippen molar-refractivity contribution >= 4 is 11.7 Å². The highest BCUT2D eigenvalue weighted by atomic mass is 16.2. The minimum Gasteiger partial charge on any atom is -0.370 e. The van der Waals surface area contributed by atoms with Gasteiger partial charge >= 0.3 is 0 Å². The van der Waals surface area contributed by atoms with Gasteiger partial charge in [-0.05, 0) is 33.4 Å². The monoisotopic (exact) mass is 278 g/mol. The lowest BCUT2D eigenvalue weighted by molar-refractivity contribution is -0.122. The van der Waals surface area contributed by atoms with E-state index < -0.39 is 0 Å². The molecule has 0 unspecified atom stereocenters. The first-order chi connectivity index (χ1) is 9.56. The summed E-state index contributed by atoms with van der Waals surface area (Å²) in [6.07, 6.45) is 1.78. The first kappa shape index (κ1) is 16.4. The van der Waals surface area contributed by atoms with Crippen molar-refractivity contribution in [1.29, 1.82) is 0 Å². The third-order valence-electron chi connectivity index (χ3n) is 2.89. The van der Waals surface area contributed by atoms with Crippen LogP contribution in [0.5, 0.6) is 0 Å². The molecule has 1 heterocycles. The van der Waals surface area contributed by atoms with Gasteiger partial charge in [-0.2, -0.15) is 0 Å². The van der Waals surface area contributed by atoms with Crippen LogP contribution in [0.2, 0.25) is 0 Å². The predicted molar refractivity (Wildman–Crippen MR) is 82.6 cm³/mol. The maximum absolute atomic E-state index is 11.8. The second kappa shape index (κ2) is 8.53. The molecular formula is C15H26N4O. The predicted octanol–water partition coefficient (Wildman–Crippen LogP) is 1.86. The van der Waals surface area contributed by atoms with Gasteiger partial charge in [0.15, 0.2) is 0 Å². The molecule has 0 radical (unpaired) electrons. The molecule has 0 aromatic carbocycles. The molecule has 0 aliphatic rings. The van der Waals surface area contributed by atoms with E-state index >= 15 is 0 Å². The first-order valence-corrected chi connectivity index (χ1v) is 7.26. The standard InChI is InChI=1S/C15H26N4O/c1-5-16-15-13(8-7-9-17-15)10-19(6-2)11-14(20)18-12(3)4/h7-9,12H,5-6,10-11H2,1-4H3,(H,16,17)(H,18,20). The lowest BCUT2D eigenvalue weighted by atomic mass is 10.2. The number of hydrogen-bond donors (Lipinski definition) is 2. The molecule has 0 aliphatic carbocycles. The van der Waals surface area contributed by atoms with Gasteiger partial charge < -0.3 is 10.6 Å². The molecule has 1 amide bonds. The minimum absolute atomic E-state index is 0.0655. The number of amides is 1. The Kier molecular flexibility index (Phi) is 7.01. The summed E-state index contributed by atoms with van der Waals surface area (Å²) < 4.78 is 0. The number of rotatable bonds is 8. The van der Waals surface area contributed by atoms with Crippen molar-refractivity contribution in [3.8, 4) is 0 Å². The molecule has 2 N–H and O–H groups in total. The maximum Gasteiger partial charge on any atom is 0.234 e. The van der Waals surface area contributed by atoms with Crippen molar-refractivity contribution in [2.24, 2.45) is 0 Å². The van der Waals surface area contributed by atoms with Gasteiger partial charge in [0, 0.05) is 30.9 Å². The van der Waals surface area contributed by atoms with Gasteiger partial charge in [-0.15, -0.1) is 0 Å². The van der Waals surface area contributed by atoms with Gasteiger partial charge in [0.25, 0.3) is 0 Å². The van der Waals surface area contributed by atoms with E-state index in [9.17, 15) is 4.79 Å². The Morgan fingerprint density at radius 3 is 2.75 bits per heavy atom. The summed E-state index contributed by atoms with van der Waals surface area (Å²) in [7, 11) is 0. The Hall–Kier alpha value is -1.62. The van der Waals surface area contributed by atoms with E-state index in [-0.39, 0.29) is 11.9 Å². The van der Waals surface area contributed by atoms with Gasteiger partial charge in [0.1, 0.15) is 5.82 Å². The molecule has 0 bridgehead atoms. The summed E-state index contributed by atoms with van der Waals surface area (Å²) in [6.45, 7) is 10.8. The summed E-state index contributed by atoms with van der Waals surface area (Å²) >= 11 is 0. The number of aromatic nitrogens is 1. The van der Waals surface area contributed by atoms with Gasteiger partial charge in [-0.1, -0.05) is 13.0 Å². The van der Waals surface area contributed by atoms with Crippen LogP contribution < -0.4 is 10.6 Å². The molecule has 1 rings (SSSR count). The summed E-state index contributed by atoms with van der Waals surface area (Å²) in [5, 5.41) is 6.17. The Morgan fingerprint density at radius 1 is 1.40 bits per heavy atom. The number of hydrogen-bond acceptors (Lipinski definition) is 4. The second-order valence-electron chi connectivity index (χ2n) is 5.07. The number of pyridine rings is 1. The highest BCUT2D eigenvalue weighted by molar-refractivity contribution is 5.78. The van der Waals surface area contributed by atoms with Gasteiger partial charge in [0.05, 0.1) is 6.54 Å². The van der Waals surface area contributed by atoms with Crippen LogP contribution in [0.3, 0.4) is 0 Å². The van der Waals surface area contributed by atoms with E-state index in [1.165, 1.54) is 0 Å². The van der Waals surface area contributed by atoms with E-state index in [2.05, 4.69) is 27.4 Å². The molecule has 0 saturated heterocycles. The Bertz CT molecular complexity index is 420. The molecule has 5 nitrogen and oxygen atoms in total. The molecule has 1 aromatic heterocycles. The summed E-state index contributed by atoms with van der Waals surface area (Å²) in [5.74, 6) is 0.966. The largest absolute Gasteiger partial charge is 0.370 e. The average Bonchev–Trinajstić information content (AvgIpc) is 2.39. The fourth-order valence-corrected chi connectivity index (χ4v) is 1.98. The molecule has 0 atom stereocenters. The Morgan fingerprint density at radius 2 is 2.15 bits per heavy atom. The molecule has 112 valence electrons. The van der Waals surface area contributed by atoms with E-state index in [1.54, 1.807) is 6.20 Å². The number of nitrogens with zero attached hydrogens (tertiary/aromatic N) is 2. The topological polar surface area (TPSA) is 57.3 Å². The Labute approximate surface area is 121 Å². The van der Waals surface area contributed by atoms with Crippen LogP contribution in [0.15, 0.2) is 18.3 Å². The lowest BCUT2D eigenvalue weighted by Gasteiger charge is -2.22. The zero-order valence-corrected chi connectivity index (χ0v) is 12.9. The van der Waals surface area contributed by atoms with Crippen LogP contribution in [0, 0.1) is 0 Å². The molecular weight excluding hydrogens is 252 g/mol. The zero-order chi connectivity index (χ0) is 15.0. The molecule has 0 saturated carbocycles. The quantitative estimate of drug-likeness (QED) is 0.762. The van der Waals surface area contributed by atoms with Gasteiger partial charge in [-0.25, -0.2) is 4.98 Å².